The van der Waals surface area contributed by atoms with E-state index < -0.39 is 0 Å². The van der Waals surface area contributed by atoms with Gasteiger partial charge in [-0.25, -0.2) is 4.99 Å². The summed E-state index contributed by atoms with van der Waals surface area (Å²) in [6.07, 6.45) is 1.03. The third-order valence-electron chi connectivity index (χ3n) is 3.43. The van der Waals surface area contributed by atoms with Crippen molar-refractivity contribution in [3.63, 3.8) is 0 Å². The smallest absolute Gasteiger partial charge is 0.191 e. The molecular weight excluding hydrogens is 431 g/mol. The normalized spacial score (nSPS) is 10.9. The summed E-state index contributed by atoms with van der Waals surface area (Å²) < 4.78 is 0. The van der Waals surface area contributed by atoms with Gasteiger partial charge in [-0.15, -0.1) is 35.3 Å². The van der Waals surface area contributed by atoms with E-state index in [1.807, 2.05) is 0 Å². The topological polar surface area (TPSA) is 39.7 Å². The summed E-state index contributed by atoms with van der Waals surface area (Å²) in [7, 11) is 4.11. The highest BCUT2D eigenvalue weighted by molar-refractivity contribution is 14.0. The second kappa shape index (κ2) is 11.3. The molecule has 0 saturated heterocycles. The molecule has 0 unspecified atom stereocenters. The van der Waals surface area contributed by atoms with E-state index in [1.54, 1.807) is 11.3 Å². The van der Waals surface area contributed by atoms with Gasteiger partial charge in [0.2, 0.25) is 0 Å². The third kappa shape index (κ3) is 7.09. The maximum atomic E-state index is 4.68. The first-order chi connectivity index (χ1) is 11.2. The Morgan fingerprint density at radius 3 is 2.67 bits per heavy atom. The summed E-state index contributed by atoms with van der Waals surface area (Å²) in [5.41, 5.74) is 2.42. The molecule has 132 valence electrons. The Hall–Kier alpha value is -1.28. The van der Waals surface area contributed by atoms with Crippen LogP contribution < -0.4 is 15.5 Å². The van der Waals surface area contributed by atoms with E-state index in [1.165, 1.54) is 16.1 Å². The summed E-state index contributed by atoms with van der Waals surface area (Å²) in [5, 5.41) is 8.82. The van der Waals surface area contributed by atoms with E-state index in [0.29, 0.717) is 6.54 Å². The molecule has 6 heteroatoms. The molecule has 0 aliphatic rings. The van der Waals surface area contributed by atoms with Crippen LogP contribution in [0.25, 0.3) is 0 Å². The average Bonchev–Trinajstić information content (AvgIpc) is 3.06. The van der Waals surface area contributed by atoms with Crippen molar-refractivity contribution in [2.24, 2.45) is 4.99 Å². The minimum Gasteiger partial charge on any atom is -0.378 e. The van der Waals surface area contributed by atoms with Gasteiger partial charge in [-0.1, -0.05) is 18.2 Å². The van der Waals surface area contributed by atoms with E-state index >= 15 is 0 Å². The van der Waals surface area contributed by atoms with Gasteiger partial charge in [-0.05, 0) is 42.5 Å². The zero-order valence-electron chi connectivity index (χ0n) is 14.6. The predicted octanol–water partition coefficient (Wildman–Crippen LogP) is 3.73. The highest BCUT2D eigenvalue weighted by Gasteiger charge is 2.00. The Kier molecular flexibility index (Phi) is 9.78. The molecule has 2 aromatic rings. The molecule has 0 bridgehead atoms. The highest BCUT2D eigenvalue weighted by atomic mass is 127. The van der Waals surface area contributed by atoms with E-state index in [9.17, 15) is 0 Å². The van der Waals surface area contributed by atoms with E-state index in [0.717, 1.165) is 25.5 Å². The van der Waals surface area contributed by atoms with Crippen molar-refractivity contribution in [1.29, 1.82) is 0 Å². The van der Waals surface area contributed by atoms with Crippen LogP contribution in [0.2, 0.25) is 0 Å². The Morgan fingerprint density at radius 1 is 1.17 bits per heavy atom. The van der Waals surface area contributed by atoms with E-state index in [4.69, 9.17) is 0 Å². The van der Waals surface area contributed by atoms with Gasteiger partial charge in [0.1, 0.15) is 0 Å². The SMILES string of the molecule is CCNC(=NCc1cccc(N(C)C)c1)NCCc1cccs1.I. The number of aliphatic imine (C=N–C) groups is 1. The minimum absolute atomic E-state index is 0. The molecule has 4 nitrogen and oxygen atoms in total. The molecule has 0 radical (unpaired) electrons. The molecule has 0 fully saturated rings. The molecule has 24 heavy (non-hydrogen) atoms. The maximum Gasteiger partial charge on any atom is 0.191 e. The number of nitrogens with zero attached hydrogens (tertiary/aromatic N) is 2. The van der Waals surface area contributed by atoms with Crippen molar-refractivity contribution in [3.8, 4) is 0 Å². The average molecular weight is 458 g/mol. The van der Waals surface area contributed by atoms with Crippen LogP contribution in [0.5, 0.6) is 0 Å². The molecule has 2 N–H and O–H groups in total. The lowest BCUT2D eigenvalue weighted by Gasteiger charge is -2.14. The molecule has 0 saturated carbocycles. The van der Waals surface area contributed by atoms with Crippen LogP contribution in [0.15, 0.2) is 46.8 Å². The lowest BCUT2D eigenvalue weighted by molar-refractivity contribution is 0.804. The number of guanidine groups is 1. The van der Waals surface area contributed by atoms with Crippen LogP contribution in [-0.2, 0) is 13.0 Å². The minimum atomic E-state index is 0. The summed E-state index contributed by atoms with van der Waals surface area (Å²) >= 11 is 1.80. The molecule has 1 heterocycles. The maximum absolute atomic E-state index is 4.68. The summed E-state index contributed by atoms with van der Waals surface area (Å²) in [5.74, 6) is 0.874. The zero-order chi connectivity index (χ0) is 16.5. The number of halogens is 1. The van der Waals surface area contributed by atoms with Crippen LogP contribution in [0.1, 0.15) is 17.4 Å². The number of nitrogens with one attached hydrogen (secondary N) is 2. The Morgan fingerprint density at radius 2 is 2.00 bits per heavy atom. The van der Waals surface area contributed by atoms with Gasteiger partial charge >= 0.3 is 0 Å². The molecule has 0 atom stereocenters. The van der Waals surface area contributed by atoms with E-state index in [2.05, 4.69) is 83.3 Å². The molecule has 1 aromatic carbocycles. The van der Waals surface area contributed by atoms with Gasteiger partial charge in [0.05, 0.1) is 6.54 Å². The molecule has 0 amide bonds. The van der Waals surface area contributed by atoms with Gasteiger partial charge in [0, 0.05) is 37.7 Å². The Labute approximate surface area is 166 Å². The fourth-order valence-corrected chi connectivity index (χ4v) is 2.91. The van der Waals surface area contributed by atoms with Gasteiger partial charge in [0.15, 0.2) is 5.96 Å². The fourth-order valence-electron chi connectivity index (χ4n) is 2.20. The van der Waals surface area contributed by atoms with Crippen molar-refractivity contribution < 1.29 is 0 Å². The highest BCUT2D eigenvalue weighted by Crippen LogP contribution is 2.14. The first-order valence-corrected chi connectivity index (χ1v) is 8.88. The first-order valence-electron chi connectivity index (χ1n) is 8.00. The van der Waals surface area contributed by atoms with Crippen molar-refractivity contribution in [1.82, 2.24) is 10.6 Å². The number of rotatable bonds is 7. The Balaban J connectivity index is 0.00000288. The number of benzene rings is 1. The number of anilines is 1. The van der Waals surface area contributed by atoms with Gasteiger partial charge in [-0.3, -0.25) is 0 Å². The molecule has 0 aliphatic heterocycles. The monoisotopic (exact) mass is 458 g/mol. The number of hydrogen-bond donors (Lipinski definition) is 2. The standard InChI is InChI=1S/C18H26N4S.HI/c1-4-19-18(20-11-10-17-9-6-12-23-17)21-14-15-7-5-8-16(13-15)22(2)3;/h5-9,12-13H,4,10-11,14H2,1-3H3,(H2,19,20,21);1H. The molecule has 0 spiro atoms. The van der Waals surface area contributed by atoms with Crippen LogP contribution in [0.4, 0.5) is 5.69 Å². The second-order valence-electron chi connectivity index (χ2n) is 5.52. The second-order valence-corrected chi connectivity index (χ2v) is 6.55. The van der Waals surface area contributed by atoms with Gasteiger partial charge in [-0.2, -0.15) is 0 Å². The quantitative estimate of drug-likeness (QED) is 0.378. The summed E-state index contributed by atoms with van der Waals surface area (Å²) in [6, 6.07) is 12.7. The largest absolute Gasteiger partial charge is 0.378 e. The van der Waals surface area contributed by atoms with Gasteiger partial charge in [0.25, 0.3) is 0 Å². The molecule has 2 rings (SSSR count). The van der Waals surface area contributed by atoms with Crippen molar-refractivity contribution in [2.45, 2.75) is 19.9 Å². The lowest BCUT2D eigenvalue weighted by atomic mass is 10.2. The summed E-state index contributed by atoms with van der Waals surface area (Å²) in [6.45, 7) is 4.52. The Bertz CT molecular complexity index is 611. The lowest BCUT2D eigenvalue weighted by Crippen LogP contribution is -2.38. The number of hydrogen-bond acceptors (Lipinski definition) is 3. The van der Waals surface area contributed by atoms with Gasteiger partial charge < -0.3 is 15.5 Å². The van der Waals surface area contributed by atoms with Crippen molar-refractivity contribution >= 4 is 47.0 Å². The predicted molar refractivity (Wildman–Crippen MR) is 117 cm³/mol. The van der Waals surface area contributed by atoms with Crippen LogP contribution in [-0.4, -0.2) is 33.1 Å². The van der Waals surface area contributed by atoms with E-state index in [-0.39, 0.29) is 24.0 Å². The zero-order valence-corrected chi connectivity index (χ0v) is 17.7. The van der Waals surface area contributed by atoms with Crippen molar-refractivity contribution in [3.05, 3.63) is 52.2 Å². The summed E-state index contributed by atoms with van der Waals surface area (Å²) in [4.78, 5) is 8.19. The molecule has 0 aliphatic carbocycles. The fraction of sp³-hybridized carbons (Fsp3) is 0.389. The first kappa shape index (κ1) is 20.8. The van der Waals surface area contributed by atoms with Crippen molar-refractivity contribution in [2.75, 3.05) is 32.1 Å². The third-order valence-corrected chi connectivity index (χ3v) is 4.37. The molecular formula is C18H27IN4S. The molecule has 1 aromatic heterocycles. The number of thiophene rings is 1. The van der Waals surface area contributed by atoms with Crippen LogP contribution in [0.3, 0.4) is 0 Å². The van der Waals surface area contributed by atoms with Crippen LogP contribution >= 0.6 is 35.3 Å². The van der Waals surface area contributed by atoms with Crippen LogP contribution in [0, 0.1) is 0 Å².